The Kier molecular flexibility index (Phi) is 4.70. The second-order valence-electron chi connectivity index (χ2n) is 4.77. The second kappa shape index (κ2) is 5.94. The minimum atomic E-state index is -4.15. The van der Waals surface area contributed by atoms with Crippen molar-refractivity contribution in [3.05, 3.63) is 0 Å². The van der Waals surface area contributed by atoms with Gasteiger partial charge < -0.3 is 0 Å². The van der Waals surface area contributed by atoms with Crippen LogP contribution in [0.25, 0.3) is 0 Å². The van der Waals surface area contributed by atoms with Gasteiger partial charge in [0.1, 0.15) is 4.83 Å². The Bertz CT molecular complexity index is 333. The van der Waals surface area contributed by atoms with Crippen molar-refractivity contribution in [3.8, 4) is 0 Å². The van der Waals surface area contributed by atoms with E-state index in [2.05, 4.69) is 31.7 Å². The topological polar surface area (TPSA) is 47.6 Å². The Morgan fingerprint density at radius 1 is 1.26 bits per heavy atom. The molecule has 0 aromatic rings. The number of halogens is 4. The Balaban J connectivity index is 1.84. The van der Waals surface area contributed by atoms with Gasteiger partial charge in [-0.3, -0.25) is 20.0 Å². The van der Waals surface area contributed by atoms with Crippen molar-refractivity contribution in [1.29, 1.82) is 0 Å². The quantitative estimate of drug-likeness (QED) is 0.689. The first-order chi connectivity index (χ1) is 8.87. The van der Waals surface area contributed by atoms with E-state index in [1.54, 1.807) is 0 Å². The molecule has 19 heavy (non-hydrogen) atoms. The first-order valence-electron chi connectivity index (χ1n) is 6.07. The number of hydrazine groups is 1. The minimum absolute atomic E-state index is 0.0261. The molecule has 2 fully saturated rings. The largest absolute Gasteiger partial charge is 0.401 e. The van der Waals surface area contributed by atoms with Crippen LogP contribution in [0.5, 0.6) is 0 Å². The van der Waals surface area contributed by atoms with Gasteiger partial charge in [0.2, 0.25) is 5.91 Å². The van der Waals surface area contributed by atoms with Crippen LogP contribution in [0.3, 0.4) is 0 Å². The van der Waals surface area contributed by atoms with E-state index in [0.29, 0.717) is 32.7 Å². The monoisotopic (exact) mass is 344 g/mol. The SMILES string of the molecule is O=C1NNCC(N2CCN(CC(F)(F)F)CC2)C1Br. The van der Waals surface area contributed by atoms with Gasteiger partial charge in [-0.2, -0.15) is 13.2 Å². The zero-order chi connectivity index (χ0) is 14.0. The van der Waals surface area contributed by atoms with Gasteiger partial charge >= 0.3 is 6.18 Å². The lowest BCUT2D eigenvalue weighted by molar-refractivity contribution is -0.150. The molecule has 5 nitrogen and oxygen atoms in total. The third kappa shape index (κ3) is 4.04. The Hall–Kier alpha value is -0.380. The van der Waals surface area contributed by atoms with Crippen molar-refractivity contribution >= 4 is 21.8 Å². The molecule has 2 aliphatic rings. The van der Waals surface area contributed by atoms with E-state index in [4.69, 9.17) is 0 Å². The third-order valence-corrected chi connectivity index (χ3v) is 4.42. The lowest BCUT2D eigenvalue weighted by Crippen LogP contribution is -2.64. The number of hydrogen-bond donors (Lipinski definition) is 2. The van der Waals surface area contributed by atoms with Gasteiger partial charge in [-0.15, -0.1) is 0 Å². The number of amides is 1. The molecule has 0 radical (unpaired) electrons. The summed E-state index contributed by atoms with van der Waals surface area (Å²) >= 11 is 3.33. The number of hydrogen-bond acceptors (Lipinski definition) is 4. The highest BCUT2D eigenvalue weighted by atomic mass is 79.9. The van der Waals surface area contributed by atoms with Crippen LogP contribution in [0.1, 0.15) is 0 Å². The molecule has 2 unspecified atom stereocenters. The molecule has 0 aromatic carbocycles. The fraction of sp³-hybridized carbons (Fsp3) is 0.900. The molecule has 0 saturated carbocycles. The molecule has 1 amide bonds. The highest BCUT2D eigenvalue weighted by molar-refractivity contribution is 9.10. The molecule has 0 spiro atoms. The predicted octanol–water partition coefficient (Wildman–Crippen LogP) is -0.0672. The number of piperazine rings is 1. The standard InChI is InChI=1S/C10H16BrF3N4O/c11-8-7(5-15-16-9(8)19)18-3-1-17(2-4-18)6-10(12,13)14/h7-8,15H,1-6H2,(H,16,19). The van der Waals surface area contributed by atoms with Crippen LogP contribution in [0, 0.1) is 0 Å². The van der Waals surface area contributed by atoms with Gasteiger partial charge in [0.05, 0.1) is 6.54 Å². The molecule has 0 aromatic heterocycles. The molecule has 2 N–H and O–H groups in total. The molecular formula is C10H16BrF3N4O. The van der Waals surface area contributed by atoms with Crippen molar-refractivity contribution in [1.82, 2.24) is 20.7 Å². The lowest BCUT2D eigenvalue weighted by atomic mass is 10.1. The highest BCUT2D eigenvalue weighted by Gasteiger charge is 2.37. The number of carbonyl (C=O) groups is 1. The average molecular weight is 345 g/mol. The fourth-order valence-electron chi connectivity index (χ4n) is 2.41. The summed E-state index contributed by atoms with van der Waals surface area (Å²) in [5.74, 6) is -0.144. The first-order valence-corrected chi connectivity index (χ1v) is 6.98. The minimum Gasteiger partial charge on any atom is -0.295 e. The van der Waals surface area contributed by atoms with Crippen molar-refractivity contribution in [2.45, 2.75) is 17.0 Å². The van der Waals surface area contributed by atoms with E-state index in [0.717, 1.165) is 0 Å². The molecule has 9 heteroatoms. The van der Waals surface area contributed by atoms with Gasteiger partial charge in [0.15, 0.2) is 0 Å². The number of rotatable bonds is 2. The van der Waals surface area contributed by atoms with Crippen LogP contribution in [0.2, 0.25) is 0 Å². The Morgan fingerprint density at radius 3 is 2.47 bits per heavy atom. The summed E-state index contributed by atoms with van der Waals surface area (Å²) in [6.07, 6.45) is -4.15. The number of carbonyl (C=O) groups excluding carboxylic acids is 1. The molecular weight excluding hydrogens is 329 g/mol. The predicted molar refractivity (Wildman–Crippen MR) is 66.7 cm³/mol. The maximum atomic E-state index is 12.3. The van der Waals surface area contributed by atoms with Crippen molar-refractivity contribution in [2.75, 3.05) is 39.3 Å². The van der Waals surface area contributed by atoms with Gasteiger partial charge in [-0.25, -0.2) is 5.43 Å². The summed E-state index contributed by atoms with van der Waals surface area (Å²) in [5.41, 5.74) is 5.32. The van der Waals surface area contributed by atoms with Crippen molar-refractivity contribution < 1.29 is 18.0 Å². The van der Waals surface area contributed by atoms with Gasteiger partial charge in [-0.1, -0.05) is 15.9 Å². The Morgan fingerprint density at radius 2 is 1.89 bits per heavy atom. The summed E-state index contributed by atoms with van der Waals surface area (Å²) in [7, 11) is 0. The van der Waals surface area contributed by atoms with E-state index < -0.39 is 12.7 Å². The molecule has 2 atom stereocenters. The fourth-order valence-corrected chi connectivity index (χ4v) is 3.05. The summed E-state index contributed by atoms with van der Waals surface area (Å²) < 4.78 is 36.8. The number of nitrogens with one attached hydrogen (secondary N) is 2. The van der Waals surface area contributed by atoms with Crippen LogP contribution < -0.4 is 10.9 Å². The number of nitrogens with zero attached hydrogens (tertiary/aromatic N) is 2. The van der Waals surface area contributed by atoms with Gasteiger partial charge in [0, 0.05) is 38.8 Å². The van der Waals surface area contributed by atoms with Crippen LogP contribution >= 0.6 is 15.9 Å². The van der Waals surface area contributed by atoms with E-state index in [-0.39, 0.29) is 16.8 Å². The molecule has 2 aliphatic heterocycles. The van der Waals surface area contributed by atoms with Crippen molar-refractivity contribution in [3.63, 3.8) is 0 Å². The zero-order valence-electron chi connectivity index (χ0n) is 10.2. The van der Waals surface area contributed by atoms with Gasteiger partial charge in [-0.05, 0) is 0 Å². The van der Waals surface area contributed by atoms with E-state index in [9.17, 15) is 18.0 Å². The van der Waals surface area contributed by atoms with Crippen molar-refractivity contribution in [2.24, 2.45) is 0 Å². The molecule has 2 heterocycles. The van der Waals surface area contributed by atoms with Gasteiger partial charge in [0.25, 0.3) is 0 Å². The lowest BCUT2D eigenvalue weighted by Gasteiger charge is -2.42. The molecule has 2 rings (SSSR count). The van der Waals surface area contributed by atoms with Crippen LogP contribution in [0.4, 0.5) is 13.2 Å². The zero-order valence-corrected chi connectivity index (χ0v) is 11.8. The average Bonchev–Trinajstić information content (AvgIpc) is 2.32. The van der Waals surface area contributed by atoms with Crippen LogP contribution in [-0.2, 0) is 4.79 Å². The normalized spacial score (nSPS) is 31.3. The third-order valence-electron chi connectivity index (χ3n) is 3.39. The second-order valence-corrected chi connectivity index (χ2v) is 5.75. The maximum absolute atomic E-state index is 12.3. The molecule has 2 saturated heterocycles. The smallest absolute Gasteiger partial charge is 0.295 e. The summed E-state index contributed by atoms with van der Waals surface area (Å²) in [4.78, 5) is 14.6. The summed E-state index contributed by atoms with van der Waals surface area (Å²) in [6, 6.07) is -0.0261. The summed E-state index contributed by atoms with van der Waals surface area (Å²) in [5, 5.41) is 0. The van der Waals surface area contributed by atoms with E-state index >= 15 is 0 Å². The molecule has 0 bridgehead atoms. The molecule has 0 aliphatic carbocycles. The highest BCUT2D eigenvalue weighted by Crippen LogP contribution is 2.20. The van der Waals surface area contributed by atoms with E-state index in [1.807, 2.05) is 0 Å². The number of alkyl halides is 4. The maximum Gasteiger partial charge on any atom is 0.401 e. The van der Waals surface area contributed by atoms with Crippen LogP contribution in [-0.4, -0.2) is 72.0 Å². The first kappa shape index (κ1) is 15.0. The van der Waals surface area contributed by atoms with E-state index in [1.165, 1.54) is 4.90 Å². The molecule has 110 valence electrons. The summed E-state index contributed by atoms with van der Waals surface area (Å²) in [6.45, 7) is 1.55. The van der Waals surface area contributed by atoms with Crippen LogP contribution in [0.15, 0.2) is 0 Å². The Labute approximate surface area is 117 Å².